The molecular weight excluding hydrogens is 1400 g/mol. The summed E-state index contributed by atoms with van der Waals surface area (Å²) in [5.74, 6) is -0.567. The highest BCUT2D eigenvalue weighted by atomic mass is 31.2. The van der Waals surface area contributed by atoms with E-state index in [4.69, 9.17) is 37.0 Å². The topological polar surface area (TPSA) is 237 Å². The highest BCUT2D eigenvalue weighted by molar-refractivity contribution is 7.47. The Balaban J connectivity index is 5.22. The summed E-state index contributed by atoms with van der Waals surface area (Å²) in [5, 5.41) is 10.7. The van der Waals surface area contributed by atoms with Gasteiger partial charge in [0.2, 0.25) is 0 Å². The molecule has 0 heterocycles. The highest BCUT2D eigenvalue weighted by Gasteiger charge is 2.31. The van der Waals surface area contributed by atoms with Gasteiger partial charge >= 0.3 is 39.5 Å². The molecule has 0 aliphatic carbocycles. The quantitative estimate of drug-likeness (QED) is 0.0222. The Bertz CT molecular complexity index is 2070. The fourth-order valence-electron chi connectivity index (χ4n) is 13.9. The zero-order chi connectivity index (χ0) is 79.2. The van der Waals surface area contributed by atoms with Crippen molar-refractivity contribution in [2.45, 2.75) is 496 Å². The third-order valence-electron chi connectivity index (χ3n) is 21.3. The molecule has 642 valence electrons. The van der Waals surface area contributed by atoms with Crippen LogP contribution < -0.4 is 0 Å². The second-order valence-corrected chi connectivity index (χ2v) is 35.6. The Morgan fingerprint density at radius 2 is 0.472 bits per heavy atom. The summed E-state index contributed by atoms with van der Waals surface area (Å²) in [6, 6.07) is 0. The number of rotatable bonds is 88. The molecule has 0 spiro atoms. The molecule has 6 atom stereocenters. The van der Waals surface area contributed by atoms with Crippen molar-refractivity contribution < 1.29 is 80.2 Å². The second-order valence-electron chi connectivity index (χ2n) is 32.7. The predicted molar refractivity (Wildman–Crippen MR) is 446 cm³/mol. The number of aliphatic hydroxyl groups excluding tert-OH is 1. The molecule has 0 aromatic heterocycles. The van der Waals surface area contributed by atoms with Crippen LogP contribution in [0, 0.1) is 11.8 Å². The Labute approximate surface area is 664 Å². The zero-order valence-electron chi connectivity index (χ0n) is 71.2. The van der Waals surface area contributed by atoms with Crippen LogP contribution in [0.4, 0.5) is 0 Å². The summed E-state index contributed by atoms with van der Waals surface area (Å²) in [4.78, 5) is 73.3. The van der Waals surface area contributed by atoms with E-state index in [1.165, 1.54) is 289 Å². The summed E-state index contributed by atoms with van der Waals surface area (Å²) in [5.41, 5.74) is 0. The van der Waals surface area contributed by atoms with Crippen LogP contribution >= 0.6 is 15.6 Å². The van der Waals surface area contributed by atoms with Gasteiger partial charge in [-0.05, 0) is 37.5 Å². The van der Waals surface area contributed by atoms with E-state index in [1.807, 2.05) is 0 Å². The zero-order valence-corrected chi connectivity index (χ0v) is 73.0. The molecule has 0 amide bonds. The number of ether oxygens (including phenoxy) is 4. The molecule has 0 saturated carbocycles. The standard InChI is InChI=1S/C89H174O17P2/c1-7-10-12-14-16-18-20-22-24-26-28-29-31-33-37-41-45-49-53-61-67-73-88(93)105-84(77-99-86(91)71-65-59-52-48-44-40-36-32-30-27-25-23-21-19-17-15-13-11-8-2)79-103-107(95,96)101-75-83(90)76-102-108(97,98)104-80-85(78-100-87(92)72-66-60-56-55-58-64-70-82(6)9-3)106-89(94)74-68-62-54-50-46-42-38-34-35-39-43-47-51-57-63-69-81(4)5/h81-85,90H,7-80H2,1-6H3,(H,95,96)(H,97,98)/t82?,83-,84-,85-/m1/s1. The molecule has 108 heavy (non-hydrogen) atoms. The Kier molecular flexibility index (Phi) is 78.8. The van der Waals surface area contributed by atoms with Crippen LogP contribution in [-0.2, 0) is 65.4 Å². The van der Waals surface area contributed by atoms with E-state index < -0.39 is 97.5 Å². The van der Waals surface area contributed by atoms with Gasteiger partial charge in [0.15, 0.2) is 12.2 Å². The Morgan fingerprint density at radius 1 is 0.269 bits per heavy atom. The number of hydrogen-bond donors (Lipinski definition) is 3. The molecule has 0 aromatic carbocycles. The van der Waals surface area contributed by atoms with Crippen molar-refractivity contribution in [2.24, 2.45) is 11.8 Å². The van der Waals surface area contributed by atoms with Crippen molar-refractivity contribution in [1.82, 2.24) is 0 Å². The highest BCUT2D eigenvalue weighted by Crippen LogP contribution is 2.45. The fourth-order valence-corrected chi connectivity index (χ4v) is 15.5. The van der Waals surface area contributed by atoms with Gasteiger partial charge in [0.25, 0.3) is 0 Å². The van der Waals surface area contributed by atoms with Gasteiger partial charge < -0.3 is 33.8 Å². The summed E-state index contributed by atoms with van der Waals surface area (Å²) in [6.07, 6.45) is 73.8. The van der Waals surface area contributed by atoms with Crippen LogP contribution in [0.1, 0.15) is 478 Å². The summed E-state index contributed by atoms with van der Waals surface area (Å²) in [7, 11) is -9.93. The lowest BCUT2D eigenvalue weighted by atomic mass is 10.00. The van der Waals surface area contributed by atoms with E-state index in [1.54, 1.807) is 0 Å². The Morgan fingerprint density at radius 3 is 0.704 bits per heavy atom. The van der Waals surface area contributed by atoms with Gasteiger partial charge in [0.05, 0.1) is 26.4 Å². The maximum absolute atomic E-state index is 13.2. The molecule has 0 fully saturated rings. The second kappa shape index (κ2) is 80.3. The lowest BCUT2D eigenvalue weighted by molar-refractivity contribution is -0.161. The molecule has 3 unspecified atom stereocenters. The maximum Gasteiger partial charge on any atom is 0.472 e. The summed E-state index contributed by atoms with van der Waals surface area (Å²) < 4.78 is 69.0. The smallest absolute Gasteiger partial charge is 0.462 e. The molecular formula is C89H174O17P2. The van der Waals surface area contributed by atoms with Crippen LogP contribution in [0.15, 0.2) is 0 Å². The molecule has 0 saturated heterocycles. The van der Waals surface area contributed by atoms with Crippen molar-refractivity contribution in [3.05, 3.63) is 0 Å². The largest absolute Gasteiger partial charge is 0.472 e. The maximum atomic E-state index is 13.2. The number of esters is 4. The number of phosphoric acid groups is 2. The van der Waals surface area contributed by atoms with Crippen LogP contribution in [0.25, 0.3) is 0 Å². The summed E-state index contributed by atoms with van der Waals surface area (Å²) in [6.45, 7) is 9.67. The lowest BCUT2D eigenvalue weighted by Gasteiger charge is -2.21. The first-order valence-electron chi connectivity index (χ1n) is 46.0. The first-order valence-corrected chi connectivity index (χ1v) is 49.0. The molecule has 0 aliphatic heterocycles. The number of carbonyl (C=O) groups is 4. The molecule has 0 rings (SSSR count). The van der Waals surface area contributed by atoms with E-state index in [-0.39, 0.29) is 25.7 Å². The SMILES string of the molecule is CCCCCCCCCCCCCCCCCCCCCCCC(=O)O[C@H](COC(=O)CCCCCCCCCCCCCCCCCCCCC)COP(=O)(O)OC[C@@H](O)COP(=O)(O)OC[C@@H](COC(=O)CCCCCCCCC(C)CC)OC(=O)CCCCCCCCCCCCCCCCCC(C)C. The molecule has 0 radical (unpaired) electrons. The minimum absolute atomic E-state index is 0.107. The molecule has 17 nitrogen and oxygen atoms in total. The van der Waals surface area contributed by atoms with Crippen LogP contribution in [0.2, 0.25) is 0 Å². The Hall–Kier alpha value is -1.94. The van der Waals surface area contributed by atoms with Crippen LogP contribution in [-0.4, -0.2) is 96.7 Å². The molecule has 0 bridgehead atoms. The van der Waals surface area contributed by atoms with Crippen molar-refractivity contribution in [2.75, 3.05) is 39.6 Å². The van der Waals surface area contributed by atoms with Crippen LogP contribution in [0.5, 0.6) is 0 Å². The van der Waals surface area contributed by atoms with E-state index in [9.17, 15) is 43.2 Å². The van der Waals surface area contributed by atoms with Crippen molar-refractivity contribution >= 4 is 39.5 Å². The van der Waals surface area contributed by atoms with Gasteiger partial charge in [0, 0.05) is 25.7 Å². The van der Waals surface area contributed by atoms with E-state index in [0.29, 0.717) is 25.7 Å². The van der Waals surface area contributed by atoms with E-state index in [2.05, 4.69) is 41.5 Å². The summed E-state index contributed by atoms with van der Waals surface area (Å²) >= 11 is 0. The number of carbonyl (C=O) groups excluding carboxylic acids is 4. The third kappa shape index (κ3) is 80.7. The molecule has 0 aromatic rings. The minimum Gasteiger partial charge on any atom is -0.462 e. The number of phosphoric ester groups is 2. The first kappa shape index (κ1) is 106. The van der Waals surface area contributed by atoms with Gasteiger partial charge in [-0.1, -0.05) is 427 Å². The minimum atomic E-state index is -4.97. The molecule has 19 heteroatoms. The average Bonchev–Trinajstić information content (AvgIpc) is 0.898. The van der Waals surface area contributed by atoms with Gasteiger partial charge in [-0.25, -0.2) is 9.13 Å². The first-order chi connectivity index (χ1) is 52.4. The van der Waals surface area contributed by atoms with Crippen molar-refractivity contribution in [3.63, 3.8) is 0 Å². The lowest BCUT2D eigenvalue weighted by Crippen LogP contribution is -2.30. The fraction of sp³-hybridized carbons (Fsp3) is 0.955. The van der Waals surface area contributed by atoms with Crippen molar-refractivity contribution in [1.29, 1.82) is 0 Å². The number of aliphatic hydroxyl groups is 1. The van der Waals surface area contributed by atoms with Crippen LogP contribution in [0.3, 0.4) is 0 Å². The predicted octanol–water partition coefficient (Wildman–Crippen LogP) is 27.4. The average molecular weight is 1580 g/mol. The van der Waals surface area contributed by atoms with Gasteiger partial charge in [-0.2, -0.15) is 0 Å². The van der Waals surface area contributed by atoms with Gasteiger partial charge in [-0.3, -0.25) is 37.3 Å². The van der Waals surface area contributed by atoms with Gasteiger partial charge in [0.1, 0.15) is 19.3 Å². The van der Waals surface area contributed by atoms with Gasteiger partial charge in [-0.15, -0.1) is 0 Å². The van der Waals surface area contributed by atoms with E-state index in [0.717, 1.165) is 108 Å². The number of unbranched alkanes of at least 4 members (excludes halogenated alkanes) is 57. The molecule has 0 aliphatic rings. The third-order valence-corrected chi connectivity index (χ3v) is 23.2. The monoisotopic (exact) mass is 1580 g/mol. The normalized spacial score (nSPS) is 14.0. The number of hydrogen-bond acceptors (Lipinski definition) is 15. The van der Waals surface area contributed by atoms with Crippen molar-refractivity contribution in [3.8, 4) is 0 Å². The van der Waals surface area contributed by atoms with E-state index >= 15 is 0 Å². The molecule has 3 N–H and O–H groups in total.